The second-order valence-electron chi connectivity index (χ2n) is 7.82. The largest absolute Gasteiger partial charge is 0.309 e. The fraction of sp³-hybridized carbons (Fsp3) is 0. The lowest BCUT2D eigenvalue weighted by Crippen LogP contribution is -1.92. The summed E-state index contributed by atoms with van der Waals surface area (Å²) in [6, 6.07) is 37.4. The molecular weight excluding hydrogens is 382 g/mol. The highest BCUT2D eigenvalue weighted by atomic mass is 32.1. The minimum absolute atomic E-state index is 1.20. The topological polar surface area (TPSA) is 4.93 Å². The van der Waals surface area contributed by atoms with Crippen molar-refractivity contribution in [2.24, 2.45) is 0 Å². The van der Waals surface area contributed by atoms with Crippen LogP contribution in [0.15, 0.2) is 103 Å². The van der Waals surface area contributed by atoms with Gasteiger partial charge in [0.25, 0.3) is 0 Å². The number of fused-ring (bicyclic) bond motifs is 8. The van der Waals surface area contributed by atoms with Crippen LogP contribution in [0.5, 0.6) is 0 Å². The molecule has 1 nitrogen and oxygen atoms in total. The maximum atomic E-state index is 2.40. The molecule has 2 heterocycles. The molecule has 2 heteroatoms. The van der Waals surface area contributed by atoms with Crippen molar-refractivity contribution < 1.29 is 0 Å². The van der Waals surface area contributed by atoms with Crippen LogP contribution in [-0.4, -0.2) is 4.57 Å². The first-order chi connectivity index (χ1) is 14.9. The van der Waals surface area contributed by atoms with Crippen LogP contribution >= 0.6 is 11.3 Å². The highest BCUT2D eigenvalue weighted by molar-refractivity contribution is 7.26. The third-order valence-corrected chi connectivity index (χ3v) is 7.37. The summed E-state index contributed by atoms with van der Waals surface area (Å²) in [4.78, 5) is 0. The molecule has 7 aromatic rings. The Hall–Kier alpha value is -3.62. The summed E-state index contributed by atoms with van der Waals surface area (Å²) < 4.78 is 5.12. The Kier molecular flexibility index (Phi) is 3.21. The molecule has 0 atom stereocenters. The second-order valence-corrected chi connectivity index (χ2v) is 8.87. The quantitative estimate of drug-likeness (QED) is 0.262. The van der Waals surface area contributed by atoms with Gasteiger partial charge in [0.2, 0.25) is 0 Å². The summed E-state index contributed by atoms with van der Waals surface area (Å²) in [7, 11) is 0. The maximum Gasteiger partial charge on any atom is 0.0555 e. The third kappa shape index (κ3) is 2.11. The molecule has 0 saturated carbocycles. The van der Waals surface area contributed by atoms with Crippen molar-refractivity contribution in [3.8, 4) is 5.69 Å². The van der Waals surface area contributed by atoms with Crippen LogP contribution in [0.25, 0.3) is 58.4 Å². The average Bonchev–Trinajstić information content (AvgIpc) is 3.33. The molecule has 0 bridgehead atoms. The van der Waals surface area contributed by atoms with E-state index in [0.717, 1.165) is 0 Å². The van der Waals surface area contributed by atoms with E-state index < -0.39 is 0 Å². The number of hydrogen-bond acceptors (Lipinski definition) is 1. The first-order valence-corrected chi connectivity index (χ1v) is 11.0. The molecule has 0 fully saturated rings. The van der Waals surface area contributed by atoms with Gasteiger partial charge in [-0.05, 0) is 41.1 Å². The predicted octanol–water partition coefficient (Wildman–Crippen LogP) is 8.30. The molecule has 2 aromatic heterocycles. The summed E-state index contributed by atoms with van der Waals surface area (Å²) in [5, 5.41) is 7.97. The monoisotopic (exact) mass is 399 g/mol. The summed E-state index contributed by atoms with van der Waals surface area (Å²) in [5.41, 5.74) is 3.73. The lowest BCUT2D eigenvalue weighted by Gasteiger charge is -2.07. The molecule has 0 saturated heterocycles. The molecule has 0 N–H and O–H groups in total. The molecule has 0 aliphatic heterocycles. The zero-order valence-electron chi connectivity index (χ0n) is 16.2. The van der Waals surface area contributed by atoms with E-state index in [1.54, 1.807) is 0 Å². The van der Waals surface area contributed by atoms with E-state index in [2.05, 4.69) is 108 Å². The van der Waals surface area contributed by atoms with Gasteiger partial charge in [0, 0.05) is 36.6 Å². The van der Waals surface area contributed by atoms with Crippen molar-refractivity contribution >= 4 is 64.1 Å². The highest BCUT2D eigenvalue weighted by Crippen LogP contribution is 2.42. The number of hydrogen-bond donors (Lipinski definition) is 0. The smallest absolute Gasteiger partial charge is 0.0555 e. The van der Waals surface area contributed by atoms with Gasteiger partial charge in [0.15, 0.2) is 0 Å². The van der Waals surface area contributed by atoms with Crippen LogP contribution < -0.4 is 0 Å². The van der Waals surface area contributed by atoms with E-state index in [0.29, 0.717) is 0 Å². The Bertz CT molecular complexity index is 1740. The molecule has 0 amide bonds. The number of benzene rings is 5. The van der Waals surface area contributed by atoms with Gasteiger partial charge >= 0.3 is 0 Å². The predicted molar refractivity (Wildman–Crippen MR) is 131 cm³/mol. The van der Waals surface area contributed by atoms with Gasteiger partial charge in [-0.1, -0.05) is 72.8 Å². The minimum Gasteiger partial charge on any atom is -0.309 e. The zero-order chi connectivity index (χ0) is 19.7. The van der Waals surface area contributed by atoms with E-state index in [9.17, 15) is 0 Å². The normalized spacial score (nSPS) is 12.0. The van der Waals surface area contributed by atoms with Crippen LogP contribution in [0.2, 0.25) is 0 Å². The fourth-order valence-corrected chi connectivity index (χ4v) is 6.07. The van der Waals surface area contributed by atoms with Gasteiger partial charge in [-0.2, -0.15) is 0 Å². The number of para-hydroxylation sites is 2. The lowest BCUT2D eigenvalue weighted by molar-refractivity contribution is 1.18. The van der Waals surface area contributed by atoms with E-state index in [-0.39, 0.29) is 0 Å². The molecule has 140 valence electrons. The standard InChI is InChI=1S/C28H17NS/c1-2-9-19(10-3-1)29-25-13-7-6-12-21(25)23-16-24-22-15-14-18-8-4-5-11-20(18)28(22)30-27(24)17-26(23)29/h1-17H. The number of nitrogens with zero attached hydrogens (tertiary/aromatic N) is 1. The van der Waals surface area contributed by atoms with E-state index >= 15 is 0 Å². The second kappa shape index (κ2) is 5.94. The summed E-state index contributed by atoms with van der Waals surface area (Å²) in [6.07, 6.45) is 0. The molecular formula is C28H17NS. The van der Waals surface area contributed by atoms with Crippen LogP contribution in [0.1, 0.15) is 0 Å². The first kappa shape index (κ1) is 16.2. The SMILES string of the molecule is c1ccc(-n2c3ccccc3c3cc4c(cc32)sc2c3ccccc3ccc42)cc1. The van der Waals surface area contributed by atoms with Gasteiger partial charge in [-0.25, -0.2) is 0 Å². The Balaban J connectivity index is 1.68. The molecule has 0 unspecified atom stereocenters. The Labute approximate surface area is 177 Å². The number of thiophene rings is 1. The van der Waals surface area contributed by atoms with Crippen LogP contribution in [-0.2, 0) is 0 Å². The van der Waals surface area contributed by atoms with Crippen molar-refractivity contribution in [1.29, 1.82) is 0 Å². The summed E-state index contributed by atoms with van der Waals surface area (Å²) in [5.74, 6) is 0. The molecule has 0 aliphatic rings. The van der Waals surface area contributed by atoms with Gasteiger partial charge in [0.1, 0.15) is 0 Å². The summed E-state index contributed by atoms with van der Waals surface area (Å²) in [6.45, 7) is 0. The van der Waals surface area contributed by atoms with Crippen LogP contribution in [0.4, 0.5) is 0 Å². The van der Waals surface area contributed by atoms with Crippen molar-refractivity contribution in [3.05, 3.63) is 103 Å². The van der Waals surface area contributed by atoms with Gasteiger partial charge in [-0.3, -0.25) is 0 Å². The fourth-order valence-electron chi connectivity index (χ4n) is 4.82. The molecule has 7 rings (SSSR count). The molecule has 0 radical (unpaired) electrons. The van der Waals surface area contributed by atoms with Crippen LogP contribution in [0, 0.1) is 0 Å². The Morgan fingerprint density at radius 3 is 2.17 bits per heavy atom. The number of rotatable bonds is 1. The lowest BCUT2D eigenvalue weighted by atomic mass is 10.0. The van der Waals surface area contributed by atoms with Gasteiger partial charge in [-0.15, -0.1) is 11.3 Å². The highest BCUT2D eigenvalue weighted by Gasteiger charge is 2.15. The van der Waals surface area contributed by atoms with Gasteiger partial charge < -0.3 is 4.57 Å². The van der Waals surface area contributed by atoms with Crippen molar-refractivity contribution in [3.63, 3.8) is 0 Å². The molecule has 30 heavy (non-hydrogen) atoms. The Morgan fingerprint density at radius 2 is 1.27 bits per heavy atom. The van der Waals surface area contributed by atoms with Crippen molar-refractivity contribution in [1.82, 2.24) is 4.57 Å². The molecule has 5 aromatic carbocycles. The van der Waals surface area contributed by atoms with Crippen molar-refractivity contribution in [2.75, 3.05) is 0 Å². The average molecular weight is 400 g/mol. The van der Waals surface area contributed by atoms with Crippen molar-refractivity contribution in [2.45, 2.75) is 0 Å². The summed E-state index contributed by atoms with van der Waals surface area (Å²) >= 11 is 1.91. The maximum absolute atomic E-state index is 2.40. The van der Waals surface area contributed by atoms with E-state index in [4.69, 9.17) is 0 Å². The van der Waals surface area contributed by atoms with E-state index in [1.807, 2.05) is 11.3 Å². The molecule has 0 aliphatic carbocycles. The number of aromatic nitrogens is 1. The van der Waals surface area contributed by atoms with Gasteiger partial charge in [0.05, 0.1) is 11.0 Å². The minimum atomic E-state index is 1.20. The van der Waals surface area contributed by atoms with E-state index in [1.165, 1.54) is 58.4 Å². The zero-order valence-corrected chi connectivity index (χ0v) is 17.0. The Morgan fingerprint density at radius 1 is 0.500 bits per heavy atom. The third-order valence-electron chi connectivity index (χ3n) is 6.17. The first-order valence-electron chi connectivity index (χ1n) is 10.2. The van der Waals surface area contributed by atoms with Crippen LogP contribution in [0.3, 0.4) is 0 Å². The molecule has 0 spiro atoms.